The lowest BCUT2D eigenvalue weighted by Crippen LogP contribution is -2.08. The molecule has 8 heteroatoms. The van der Waals surface area contributed by atoms with Crippen molar-refractivity contribution in [1.29, 1.82) is 0 Å². The molecule has 1 aromatic carbocycles. The average Bonchev–Trinajstić information content (AvgIpc) is 2.38. The molecule has 0 aliphatic rings. The Hall–Kier alpha value is -2.38. The molecule has 7 nitrogen and oxygen atoms in total. The monoisotopic (exact) mass is 280 g/mol. The van der Waals surface area contributed by atoms with E-state index in [9.17, 15) is 10.1 Å². The van der Waals surface area contributed by atoms with Gasteiger partial charge in [0.2, 0.25) is 5.75 Å². The number of halogens is 1. The van der Waals surface area contributed by atoms with E-state index in [1.165, 1.54) is 30.5 Å². The first-order valence-corrected chi connectivity index (χ1v) is 5.52. The van der Waals surface area contributed by atoms with E-state index in [4.69, 9.17) is 22.2 Å². The van der Waals surface area contributed by atoms with E-state index >= 15 is 0 Å². The number of nitrogens with one attached hydrogen (secondary N) is 1. The van der Waals surface area contributed by atoms with Crippen molar-refractivity contribution >= 4 is 23.1 Å². The molecule has 0 spiro atoms. The summed E-state index contributed by atoms with van der Waals surface area (Å²) in [5.41, 5.74) is 2.17. The van der Waals surface area contributed by atoms with Gasteiger partial charge >= 0.3 is 5.69 Å². The summed E-state index contributed by atoms with van der Waals surface area (Å²) in [5.74, 6) is 6.00. The lowest BCUT2D eigenvalue weighted by molar-refractivity contribution is -0.385. The van der Waals surface area contributed by atoms with Crippen LogP contribution in [-0.2, 0) is 0 Å². The first-order valence-electron chi connectivity index (χ1n) is 5.14. The first-order chi connectivity index (χ1) is 9.10. The Morgan fingerprint density at radius 2 is 2.16 bits per heavy atom. The summed E-state index contributed by atoms with van der Waals surface area (Å²) in [6.07, 6.45) is 1.46. The summed E-state index contributed by atoms with van der Waals surface area (Å²) < 4.78 is 5.43. The fraction of sp³-hybridized carbons (Fsp3) is 0. The van der Waals surface area contributed by atoms with Crippen molar-refractivity contribution in [3.63, 3.8) is 0 Å². The number of hydrogen-bond acceptors (Lipinski definition) is 6. The first kappa shape index (κ1) is 13.1. The van der Waals surface area contributed by atoms with Crippen LogP contribution < -0.4 is 16.0 Å². The number of aromatic nitrogens is 1. The predicted molar refractivity (Wildman–Crippen MR) is 70.2 cm³/mol. The van der Waals surface area contributed by atoms with Gasteiger partial charge in [0.25, 0.3) is 0 Å². The standard InChI is InChI=1S/C11H9ClN4O3/c12-7-1-2-9(16(17)18)10(5-7)19-8-3-4-14-11(6-8)15-13/h1-6H,13H2,(H,14,15). The van der Waals surface area contributed by atoms with Gasteiger partial charge in [-0.2, -0.15) is 0 Å². The molecule has 1 aromatic heterocycles. The maximum absolute atomic E-state index is 10.9. The van der Waals surface area contributed by atoms with Crippen molar-refractivity contribution in [2.45, 2.75) is 0 Å². The molecule has 0 aliphatic carbocycles. The highest BCUT2D eigenvalue weighted by molar-refractivity contribution is 6.30. The lowest BCUT2D eigenvalue weighted by atomic mass is 10.3. The number of nitrogen functional groups attached to an aromatic ring is 1. The molecule has 0 fully saturated rings. The van der Waals surface area contributed by atoms with E-state index < -0.39 is 4.92 Å². The molecule has 0 bridgehead atoms. The molecule has 0 unspecified atom stereocenters. The van der Waals surface area contributed by atoms with Gasteiger partial charge in [-0.25, -0.2) is 10.8 Å². The minimum absolute atomic E-state index is 0.0478. The van der Waals surface area contributed by atoms with Crippen molar-refractivity contribution in [1.82, 2.24) is 4.98 Å². The number of benzene rings is 1. The number of nitrogens with zero attached hydrogens (tertiary/aromatic N) is 2. The minimum atomic E-state index is -0.547. The van der Waals surface area contributed by atoms with Crippen LogP contribution in [0, 0.1) is 10.1 Å². The molecular weight excluding hydrogens is 272 g/mol. The maximum Gasteiger partial charge on any atom is 0.311 e. The van der Waals surface area contributed by atoms with Crippen molar-refractivity contribution in [3.05, 3.63) is 51.7 Å². The van der Waals surface area contributed by atoms with Gasteiger partial charge in [0.1, 0.15) is 11.6 Å². The molecular formula is C11H9ClN4O3. The molecule has 0 saturated carbocycles. The van der Waals surface area contributed by atoms with Crippen molar-refractivity contribution < 1.29 is 9.66 Å². The Kier molecular flexibility index (Phi) is 3.79. The van der Waals surface area contributed by atoms with Crippen LogP contribution in [0.25, 0.3) is 0 Å². The van der Waals surface area contributed by atoms with Gasteiger partial charge in [0.05, 0.1) is 4.92 Å². The average molecular weight is 281 g/mol. The second kappa shape index (κ2) is 5.51. The lowest BCUT2D eigenvalue weighted by Gasteiger charge is -2.07. The zero-order valence-corrected chi connectivity index (χ0v) is 10.3. The van der Waals surface area contributed by atoms with E-state index in [1.807, 2.05) is 0 Å². The Bertz CT molecular complexity index is 621. The van der Waals surface area contributed by atoms with Gasteiger partial charge in [-0.05, 0) is 12.1 Å². The smallest absolute Gasteiger partial charge is 0.311 e. The fourth-order valence-corrected chi connectivity index (χ4v) is 1.56. The quantitative estimate of drug-likeness (QED) is 0.507. The van der Waals surface area contributed by atoms with Crippen LogP contribution in [-0.4, -0.2) is 9.91 Å². The highest BCUT2D eigenvalue weighted by Gasteiger charge is 2.16. The molecule has 3 N–H and O–H groups in total. The van der Waals surface area contributed by atoms with Gasteiger partial charge in [-0.15, -0.1) is 0 Å². The van der Waals surface area contributed by atoms with Crippen molar-refractivity contribution in [3.8, 4) is 11.5 Å². The molecule has 0 saturated heterocycles. The Morgan fingerprint density at radius 1 is 1.37 bits per heavy atom. The van der Waals surface area contributed by atoms with E-state index in [-0.39, 0.29) is 11.4 Å². The number of nitrogens with two attached hydrogens (primary N) is 1. The van der Waals surface area contributed by atoms with Gasteiger partial charge in [0.15, 0.2) is 0 Å². The molecule has 98 valence electrons. The fourth-order valence-electron chi connectivity index (χ4n) is 1.40. The summed E-state index contributed by atoms with van der Waals surface area (Å²) in [6.45, 7) is 0. The number of hydrogen-bond donors (Lipinski definition) is 2. The molecule has 0 amide bonds. The van der Waals surface area contributed by atoms with Crippen LogP contribution in [0.5, 0.6) is 11.5 Å². The van der Waals surface area contributed by atoms with Crippen LogP contribution >= 0.6 is 11.6 Å². The normalized spacial score (nSPS) is 10.0. The largest absolute Gasteiger partial charge is 0.450 e. The third-order valence-electron chi connectivity index (χ3n) is 2.23. The summed E-state index contributed by atoms with van der Waals surface area (Å²) in [6, 6.07) is 7.12. The van der Waals surface area contributed by atoms with Gasteiger partial charge in [-0.3, -0.25) is 10.1 Å². The number of ether oxygens (including phenoxy) is 1. The van der Waals surface area contributed by atoms with Gasteiger partial charge in [-0.1, -0.05) is 11.6 Å². The molecule has 1 heterocycles. The number of nitro benzene ring substituents is 1. The van der Waals surface area contributed by atoms with E-state index in [1.54, 1.807) is 6.07 Å². The Balaban J connectivity index is 2.36. The molecule has 2 rings (SSSR count). The number of hydrazine groups is 1. The number of pyridine rings is 1. The topological polar surface area (TPSA) is 103 Å². The van der Waals surface area contributed by atoms with Crippen molar-refractivity contribution in [2.75, 3.05) is 5.43 Å². The Morgan fingerprint density at radius 3 is 2.84 bits per heavy atom. The van der Waals surface area contributed by atoms with Crippen LogP contribution in [0.3, 0.4) is 0 Å². The molecule has 2 aromatic rings. The minimum Gasteiger partial charge on any atom is -0.450 e. The molecule has 0 aliphatic heterocycles. The summed E-state index contributed by atoms with van der Waals surface area (Å²) >= 11 is 5.80. The van der Waals surface area contributed by atoms with Crippen molar-refractivity contribution in [2.24, 2.45) is 5.84 Å². The van der Waals surface area contributed by atoms with E-state index in [0.717, 1.165) is 0 Å². The molecule has 19 heavy (non-hydrogen) atoms. The summed E-state index contributed by atoms with van der Waals surface area (Å²) in [4.78, 5) is 14.2. The highest BCUT2D eigenvalue weighted by atomic mass is 35.5. The number of nitro groups is 1. The Labute approximate surface area is 113 Å². The van der Waals surface area contributed by atoms with Crippen LogP contribution in [0.1, 0.15) is 0 Å². The van der Waals surface area contributed by atoms with Gasteiger partial charge in [0, 0.05) is 29.4 Å². The van der Waals surface area contributed by atoms with E-state index in [0.29, 0.717) is 16.6 Å². The second-order valence-electron chi connectivity index (χ2n) is 3.49. The number of rotatable bonds is 4. The van der Waals surface area contributed by atoms with Crippen LogP contribution in [0.15, 0.2) is 36.5 Å². The molecule has 0 atom stereocenters. The summed E-state index contributed by atoms with van der Waals surface area (Å²) in [5, 5.41) is 11.2. The van der Waals surface area contributed by atoms with Crippen LogP contribution in [0.2, 0.25) is 5.02 Å². The zero-order valence-electron chi connectivity index (χ0n) is 9.54. The zero-order chi connectivity index (χ0) is 13.8. The maximum atomic E-state index is 10.9. The third-order valence-corrected chi connectivity index (χ3v) is 2.46. The summed E-state index contributed by atoms with van der Waals surface area (Å²) in [7, 11) is 0. The second-order valence-corrected chi connectivity index (χ2v) is 3.93. The molecule has 0 radical (unpaired) electrons. The van der Waals surface area contributed by atoms with Gasteiger partial charge < -0.3 is 10.2 Å². The number of anilines is 1. The third kappa shape index (κ3) is 3.09. The highest BCUT2D eigenvalue weighted by Crippen LogP contribution is 2.33. The van der Waals surface area contributed by atoms with Crippen LogP contribution in [0.4, 0.5) is 11.5 Å². The van der Waals surface area contributed by atoms with E-state index in [2.05, 4.69) is 10.4 Å². The SMILES string of the molecule is NNc1cc(Oc2cc(Cl)ccc2[N+](=O)[O-])ccn1. The predicted octanol–water partition coefficient (Wildman–Crippen LogP) is 2.72.